The number of aromatic nitrogens is 4. The first kappa shape index (κ1) is 23.9. The van der Waals surface area contributed by atoms with Crippen molar-refractivity contribution in [2.24, 2.45) is 7.05 Å². The Kier molecular flexibility index (Phi) is 6.32. The van der Waals surface area contributed by atoms with Gasteiger partial charge in [0, 0.05) is 29.1 Å². The van der Waals surface area contributed by atoms with Gasteiger partial charge in [0.2, 0.25) is 0 Å². The minimum absolute atomic E-state index is 0.795. The van der Waals surface area contributed by atoms with E-state index < -0.39 is 0 Å². The Labute approximate surface area is 231 Å². The number of imidazole rings is 2. The molecule has 5 heteroatoms. The summed E-state index contributed by atoms with van der Waals surface area (Å²) in [4.78, 5) is 10.1. The Hall–Kier alpha value is -3.45. The number of halogens is 1. The molecule has 0 aliphatic carbocycles. The van der Waals surface area contributed by atoms with Gasteiger partial charge in [-0.05, 0) is 88.5 Å². The van der Waals surface area contributed by atoms with Crippen LogP contribution in [0.25, 0.3) is 44.6 Å². The van der Waals surface area contributed by atoms with E-state index in [1.807, 2.05) is 6.07 Å². The van der Waals surface area contributed by atoms with E-state index >= 15 is 0 Å². The van der Waals surface area contributed by atoms with Gasteiger partial charge in [0.05, 0.1) is 22.1 Å². The van der Waals surface area contributed by atoms with Gasteiger partial charge in [-0.25, -0.2) is 9.97 Å². The molecule has 6 aromatic rings. The van der Waals surface area contributed by atoms with Crippen LogP contribution in [0.4, 0.5) is 0 Å². The number of fused-ring (bicyclic) bond motifs is 2. The second-order valence-corrected chi connectivity index (χ2v) is 10.8. The summed E-state index contributed by atoms with van der Waals surface area (Å²) in [6, 6.07) is 30.3. The molecule has 0 atom stereocenters. The molecule has 4 nitrogen and oxygen atoms in total. The highest BCUT2D eigenvalue weighted by Crippen LogP contribution is 2.31. The van der Waals surface area contributed by atoms with Crippen LogP contribution in [0.15, 0.2) is 84.9 Å². The second-order valence-electron chi connectivity index (χ2n) is 9.68. The molecular formula is C32H29IN4. The van der Waals surface area contributed by atoms with E-state index in [0.717, 1.165) is 53.1 Å². The van der Waals surface area contributed by atoms with Crippen molar-refractivity contribution in [3.05, 3.63) is 105 Å². The van der Waals surface area contributed by atoms with Crippen LogP contribution in [0.3, 0.4) is 0 Å². The number of nitrogens with zero attached hydrogens (tertiary/aromatic N) is 4. The fourth-order valence-electron chi connectivity index (χ4n) is 5.23. The van der Waals surface area contributed by atoms with Gasteiger partial charge in [-0.3, -0.25) is 0 Å². The maximum Gasteiger partial charge on any atom is 0.140 e. The molecule has 0 amide bonds. The molecule has 6 rings (SSSR count). The number of hydrogen-bond donors (Lipinski definition) is 0. The summed E-state index contributed by atoms with van der Waals surface area (Å²) in [5.74, 6) is 2.13. The van der Waals surface area contributed by atoms with E-state index in [2.05, 4.69) is 131 Å². The van der Waals surface area contributed by atoms with Crippen LogP contribution < -0.4 is 0 Å². The number of benzene rings is 4. The Bertz CT molecular complexity index is 1740. The Balaban J connectivity index is 1.44. The molecule has 0 unspecified atom stereocenters. The summed E-state index contributed by atoms with van der Waals surface area (Å²) in [5.41, 5.74) is 10.5. The number of hydrogen-bond acceptors (Lipinski definition) is 2. The van der Waals surface area contributed by atoms with Crippen molar-refractivity contribution in [3.8, 4) is 22.5 Å². The van der Waals surface area contributed by atoms with Crippen LogP contribution in [0.1, 0.15) is 30.3 Å². The summed E-state index contributed by atoms with van der Waals surface area (Å²) >= 11 is 2.41. The molecule has 2 heterocycles. The lowest BCUT2D eigenvalue weighted by atomic mass is 10.0. The Morgan fingerprint density at radius 3 is 2.32 bits per heavy atom. The monoisotopic (exact) mass is 596 g/mol. The highest BCUT2D eigenvalue weighted by atomic mass is 127. The van der Waals surface area contributed by atoms with Crippen LogP contribution >= 0.6 is 22.6 Å². The molecule has 2 aromatic heterocycles. The third kappa shape index (κ3) is 4.35. The molecule has 0 aliphatic rings. The van der Waals surface area contributed by atoms with E-state index in [9.17, 15) is 0 Å². The molecule has 0 aliphatic heterocycles. The lowest BCUT2D eigenvalue weighted by Gasteiger charge is -2.12. The second kappa shape index (κ2) is 9.78. The molecule has 0 spiro atoms. The van der Waals surface area contributed by atoms with Crippen LogP contribution in [0.2, 0.25) is 0 Å². The third-order valence-corrected chi connectivity index (χ3v) is 8.06. The van der Waals surface area contributed by atoms with Crippen LogP contribution in [-0.2, 0) is 20.0 Å². The van der Waals surface area contributed by atoms with Crippen LogP contribution in [-0.4, -0.2) is 19.1 Å². The quantitative estimate of drug-likeness (QED) is 0.182. The minimum atomic E-state index is 0.795. The van der Waals surface area contributed by atoms with E-state index in [0.29, 0.717) is 0 Å². The van der Waals surface area contributed by atoms with E-state index in [4.69, 9.17) is 9.97 Å². The van der Waals surface area contributed by atoms with Crippen molar-refractivity contribution >= 4 is 44.7 Å². The van der Waals surface area contributed by atoms with Gasteiger partial charge in [0.1, 0.15) is 11.6 Å². The number of para-hydroxylation sites is 2. The highest BCUT2D eigenvalue weighted by Gasteiger charge is 2.17. The Morgan fingerprint density at radius 2 is 1.57 bits per heavy atom. The maximum absolute atomic E-state index is 5.11. The van der Waals surface area contributed by atoms with Crippen molar-refractivity contribution in [3.63, 3.8) is 0 Å². The largest absolute Gasteiger partial charge is 0.327 e. The van der Waals surface area contributed by atoms with Gasteiger partial charge in [0.25, 0.3) is 0 Å². The van der Waals surface area contributed by atoms with E-state index in [-0.39, 0.29) is 0 Å². The van der Waals surface area contributed by atoms with Gasteiger partial charge in [0.15, 0.2) is 0 Å². The van der Waals surface area contributed by atoms with Crippen molar-refractivity contribution in [1.29, 1.82) is 0 Å². The predicted molar refractivity (Wildman–Crippen MR) is 162 cm³/mol. The molecule has 0 radical (unpaired) electrons. The van der Waals surface area contributed by atoms with E-state index in [1.54, 1.807) is 0 Å². The summed E-state index contributed by atoms with van der Waals surface area (Å²) < 4.78 is 5.86. The summed E-state index contributed by atoms with van der Waals surface area (Å²) in [5, 5.41) is 0. The zero-order valence-electron chi connectivity index (χ0n) is 21.4. The van der Waals surface area contributed by atoms with E-state index in [1.165, 1.54) is 31.3 Å². The highest BCUT2D eigenvalue weighted by molar-refractivity contribution is 14.1. The standard InChI is InChI=1S/C32H29IN4/c1-4-9-30-35-31-21(2)18-24(32-34-27-12-7-8-13-28(27)36(32)3)19-29(31)37(30)20-22-14-16-23(17-15-22)25-10-5-6-11-26(25)33/h5-8,10-19H,4,9,20H2,1-3H3. The molecule has 184 valence electrons. The number of aryl methyl sites for hydroxylation is 3. The lowest BCUT2D eigenvalue weighted by Crippen LogP contribution is -2.05. The predicted octanol–water partition coefficient (Wildman–Crippen LogP) is 8.17. The maximum atomic E-state index is 5.11. The van der Waals surface area contributed by atoms with Gasteiger partial charge in [-0.2, -0.15) is 0 Å². The normalized spacial score (nSPS) is 11.6. The zero-order chi connectivity index (χ0) is 25.5. The van der Waals surface area contributed by atoms with Crippen molar-refractivity contribution < 1.29 is 0 Å². The Morgan fingerprint density at radius 1 is 0.811 bits per heavy atom. The summed E-state index contributed by atoms with van der Waals surface area (Å²) in [7, 11) is 2.10. The van der Waals surface area contributed by atoms with Crippen molar-refractivity contribution in [2.45, 2.75) is 33.2 Å². The van der Waals surface area contributed by atoms with Crippen LogP contribution in [0, 0.1) is 10.5 Å². The van der Waals surface area contributed by atoms with Gasteiger partial charge in [-0.15, -0.1) is 0 Å². The minimum Gasteiger partial charge on any atom is -0.327 e. The first-order chi connectivity index (χ1) is 18.0. The zero-order valence-corrected chi connectivity index (χ0v) is 23.5. The molecular weight excluding hydrogens is 567 g/mol. The molecule has 37 heavy (non-hydrogen) atoms. The fourth-order valence-corrected chi connectivity index (χ4v) is 5.93. The summed E-state index contributed by atoms with van der Waals surface area (Å²) in [6.07, 6.45) is 2.02. The van der Waals surface area contributed by atoms with Gasteiger partial charge in [-0.1, -0.05) is 61.5 Å². The average Bonchev–Trinajstić information content (AvgIpc) is 3.43. The number of rotatable bonds is 6. The molecule has 0 N–H and O–H groups in total. The molecule has 4 aromatic carbocycles. The first-order valence-corrected chi connectivity index (χ1v) is 13.9. The van der Waals surface area contributed by atoms with Crippen LogP contribution in [0.5, 0.6) is 0 Å². The lowest BCUT2D eigenvalue weighted by molar-refractivity contribution is 0.722. The SMILES string of the molecule is CCCc1nc2c(C)cc(-c3nc4ccccc4n3C)cc2n1Cc1ccc(-c2ccccc2I)cc1. The molecule has 0 fully saturated rings. The van der Waals surface area contributed by atoms with Gasteiger partial charge < -0.3 is 9.13 Å². The average molecular weight is 597 g/mol. The summed E-state index contributed by atoms with van der Waals surface area (Å²) in [6.45, 7) is 5.18. The third-order valence-electron chi connectivity index (χ3n) is 7.12. The first-order valence-electron chi connectivity index (χ1n) is 12.8. The fraction of sp³-hybridized carbons (Fsp3) is 0.188. The van der Waals surface area contributed by atoms with Gasteiger partial charge >= 0.3 is 0 Å². The van der Waals surface area contributed by atoms with Crippen molar-refractivity contribution in [2.75, 3.05) is 0 Å². The smallest absolute Gasteiger partial charge is 0.140 e. The topological polar surface area (TPSA) is 35.6 Å². The molecule has 0 saturated carbocycles. The van der Waals surface area contributed by atoms with Crippen molar-refractivity contribution in [1.82, 2.24) is 19.1 Å². The molecule has 0 saturated heterocycles. The molecule has 0 bridgehead atoms.